The minimum atomic E-state index is 0.391. The Morgan fingerprint density at radius 3 is 2.11 bits per heavy atom. The molecular formula is C25H42O2. The average molecular weight is 375 g/mol. The van der Waals surface area contributed by atoms with E-state index in [2.05, 4.69) is 24.3 Å². The van der Waals surface area contributed by atoms with E-state index < -0.39 is 0 Å². The summed E-state index contributed by atoms with van der Waals surface area (Å²) in [5, 5.41) is 9.29. The molecule has 0 aromatic heterocycles. The molecule has 0 heterocycles. The molecule has 3 fully saturated rings. The Morgan fingerprint density at radius 1 is 0.741 bits per heavy atom. The van der Waals surface area contributed by atoms with Gasteiger partial charge >= 0.3 is 0 Å². The van der Waals surface area contributed by atoms with Crippen LogP contribution >= 0.6 is 0 Å². The smallest absolute Gasteiger partial charge is 0.0571 e. The summed E-state index contributed by atoms with van der Waals surface area (Å²) in [6, 6.07) is 0. The molecule has 3 aliphatic rings. The summed E-state index contributed by atoms with van der Waals surface area (Å²) in [6.45, 7) is 0.391. The molecule has 154 valence electrons. The van der Waals surface area contributed by atoms with E-state index in [0.717, 1.165) is 23.7 Å². The molecule has 2 atom stereocenters. The molecule has 0 radical (unpaired) electrons. The van der Waals surface area contributed by atoms with Gasteiger partial charge in [-0.2, -0.15) is 0 Å². The summed E-state index contributed by atoms with van der Waals surface area (Å²) in [4.78, 5) is 0. The summed E-state index contributed by atoms with van der Waals surface area (Å²) in [5.74, 6) is 3.85. The first-order chi connectivity index (χ1) is 13.3. The fourth-order valence-corrected chi connectivity index (χ4v) is 5.58. The molecule has 1 N–H and O–H groups in total. The van der Waals surface area contributed by atoms with Gasteiger partial charge < -0.3 is 9.84 Å². The summed E-state index contributed by atoms with van der Waals surface area (Å²) >= 11 is 0. The van der Waals surface area contributed by atoms with Crippen LogP contribution in [0.15, 0.2) is 24.3 Å². The van der Waals surface area contributed by atoms with Crippen LogP contribution in [0.1, 0.15) is 83.5 Å². The largest absolute Gasteiger partial charge is 0.396 e. The van der Waals surface area contributed by atoms with Crippen molar-refractivity contribution in [2.45, 2.75) is 89.6 Å². The highest BCUT2D eigenvalue weighted by atomic mass is 16.5. The lowest BCUT2D eigenvalue weighted by molar-refractivity contribution is 0.0626. The van der Waals surface area contributed by atoms with E-state index in [1.165, 1.54) is 83.5 Å². The molecular weight excluding hydrogens is 332 g/mol. The summed E-state index contributed by atoms with van der Waals surface area (Å²) in [7, 11) is 1.86. The van der Waals surface area contributed by atoms with Gasteiger partial charge in [-0.15, -0.1) is 0 Å². The number of allylic oxidation sites excluding steroid dienone is 4. The second-order valence-corrected chi connectivity index (χ2v) is 9.58. The maximum atomic E-state index is 9.29. The van der Waals surface area contributed by atoms with E-state index in [-0.39, 0.29) is 0 Å². The van der Waals surface area contributed by atoms with Crippen molar-refractivity contribution in [2.75, 3.05) is 13.7 Å². The lowest BCUT2D eigenvalue weighted by atomic mass is 9.77. The fraction of sp³-hybridized carbons (Fsp3) is 0.840. The van der Waals surface area contributed by atoms with E-state index in [9.17, 15) is 5.11 Å². The van der Waals surface area contributed by atoms with E-state index in [0.29, 0.717) is 18.6 Å². The second kappa shape index (κ2) is 11.4. The Balaban J connectivity index is 1.35. The normalized spacial score (nSPS) is 38.6. The van der Waals surface area contributed by atoms with E-state index in [1.807, 2.05) is 7.11 Å². The van der Waals surface area contributed by atoms with Crippen molar-refractivity contribution in [3.63, 3.8) is 0 Å². The molecule has 0 saturated heterocycles. The number of methoxy groups -OCH3 is 1. The Labute approximate surface area is 167 Å². The molecule has 3 rings (SSSR count). The Bertz CT molecular complexity index is 453. The average Bonchev–Trinajstić information content (AvgIpc) is 2.73. The summed E-state index contributed by atoms with van der Waals surface area (Å²) in [6.07, 6.45) is 27.6. The topological polar surface area (TPSA) is 29.5 Å². The molecule has 0 aliphatic heterocycles. The van der Waals surface area contributed by atoms with Gasteiger partial charge in [-0.05, 0) is 100 Å². The van der Waals surface area contributed by atoms with Crippen molar-refractivity contribution >= 4 is 0 Å². The van der Waals surface area contributed by atoms with Gasteiger partial charge in [0.25, 0.3) is 0 Å². The van der Waals surface area contributed by atoms with Gasteiger partial charge in [-0.3, -0.25) is 0 Å². The van der Waals surface area contributed by atoms with E-state index in [1.54, 1.807) is 0 Å². The first-order valence-electron chi connectivity index (χ1n) is 11.8. The second-order valence-electron chi connectivity index (χ2n) is 9.58. The van der Waals surface area contributed by atoms with Gasteiger partial charge in [0.2, 0.25) is 0 Å². The molecule has 0 spiro atoms. The van der Waals surface area contributed by atoms with Crippen molar-refractivity contribution in [1.82, 2.24) is 0 Å². The fourth-order valence-electron chi connectivity index (χ4n) is 5.58. The summed E-state index contributed by atoms with van der Waals surface area (Å²) in [5.41, 5.74) is 0. The van der Waals surface area contributed by atoms with Crippen LogP contribution in [0.4, 0.5) is 0 Å². The van der Waals surface area contributed by atoms with E-state index in [4.69, 9.17) is 4.74 Å². The van der Waals surface area contributed by atoms with Crippen molar-refractivity contribution in [3.05, 3.63) is 24.3 Å². The maximum Gasteiger partial charge on any atom is 0.0571 e. The Morgan fingerprint density at radius 2 is 1.41 bits per heavy atom. The number of ether oxygens (including phenoxy) is 1. The molecule has 3 aliphatic carbocycles. The summed E-state index contributed by atoms with van der Waals surface area (Å²) < 4.78 is 5.49. The first-order valence-corrected chi connectivity index (χ1v) is 11.8. The highest BCUT2D eigenvalue weighted by Gasteiger charge is 2.22. The van der Waals surface area contributed by atoms with Crippen LogP contribution in [-0.2, 0) is 4.74 Å². The number of aliphatic hydroxyl groups excluding tert-OH is 1. The number of aliphatic hydroxyl groups is 1. The van der Waals surface area contributed by atoms with Crippen LogP contribution < -0.4 is 0 Å². The first kappa shape index (κ1) is 21.1. The van der Waals surface area contributed by atoms with Crippen LogP contribution in [0.2, 0.25) is 0 Å². The number of hydrogen-bond acceptors (Lipinski definition) is 2. The molecule has 0 amide bonds. The zero-order valence-corrected chi connectivity index (χ0v) is 17.5. The molecule has 3 saturated carbocycles. The predicted octanol–water partition coefficient (Wildman–Crippen LogP) is 6.30. The molecule has 2 nitrogen and oxygen atoms in total. The van der Waals surface area contributed by atoms with Crippen LogP contribution in [-0.4, -0.2) is 24.9 Å². The molecule has 0 aromatic carbocycles. The Kier molecular flexibility index (Phi) is 8.93. The van der Waals surface area contributed by atoms with Gasteiger partial charge in [0.05, 0.1) is 6.10 Å². The lowest BCUT2D eigenvalue weighted by Crippen LogP contribution is -2.19. The highest BCUT2D eigenvalue weighted by Crippen LogP contribution is 2.35. The van der Waals surface area contributed by atoms with Crippen LogP contribution in [0.25, 0.3) is 0 Å². The van der Waals surface area contributed by atoms with E-state index >= 15 is 0 Å². The third-order valence-corrected chi connectivity index (χ3v) is 7.56. The van der Waals surface area contributed by atoms with Crippen molar-refractivity contribution in [3.8, 4) is 0 Å². The van der Waals surface area contributed by atoms with Crippen LogP contribution in [0, 0.1) is 29.6 Å². The van der Waals surface area contributed by atoms with Gasteiger partial charge in [0.1, 0.15) is 0 Å². The number of hydrogen-bond donors (Lipinski definition) is 1. The maximum absolute atomic E-state index is 9.29. The van der Waals surface area contributed by atoms with Gasteiger partial charge in [0.15, 0.2) is 0 Å². The minimum Gasteiger partial charge on any atom is -0.396 e. The SMILES string of the molecule is COC1CCC(/C=C/CC2CCCC(/C=C/C3CCC(CO)CC3)C2)CC1. The van der Waals surface area contributed by atoms with Gasteiger partial charge in [0, 0.05) is 13.7 Å². The van der Waals surface area contributed by atoms with Crippen LogP contribution in [0.5, 0.6) is 0 Å². The number of rotatable bonds is 7. The zero-order chi connectivity index (χ0) is 18.9. The van der Waals surface area contributed by atoms with Crippen molar-refractivity contribution in [2.24, 2.45) is 29.6 Å². The third-order valence-electron chi connectivity index (χ3n) is 7.56. The van der Waals surface area contributed by atoms with Gasteiger partial charge in [-0.25, -0.2) is 0 Å². The van der Waals surface area contributed by atoms with Crippen molar-refractivity contribution < 1.29 is 9.84 Å². The van der Waals surface area contributed by atoms with Crippen molar-refractivity contribution in [1.29, 1.82) is 0 Å². The standard InChI is InChI=1S/C25H42O2/c1-27-25-16-14-20(15-17-25)4-2-5-22-6-3-7-23(18-22)11-8-21-9-12-24(19-26)13-10-21/h2,4,8,11,20-26H,3,5-7,9-10,12-19H2,1H3/b4-2+,11-8+. The zero-order valence-electron chi connectivity index (χ0n) is 17.5. The van der Waals surface area contributed by atoms with Crippen LogP contribution in [0.3, 0.4) is 0 Å². The molecule has 0 aromatic rings. The van der Waals surface area contributed by atoms with Gasteiger partial charge in [-0.1, -0.05) is 37.1 Å². The molecule has 2 heteroatoms. The third kappa shape index (κ3) is 7.06. The molecule has 27 heavy (non-hydrogen) atoms. The predicted molar refractivity (Wildman–Crippen MR) is 114 cm³/mol. The monoisotopic (exact) mass is 374 g/mol. The molecule has 0 bridgehead atoms. The molecule has 2 unspecified atom stereocenters. The highest BCUT2D eigenvalue weighted by molar-refractivity contribution is 4.98. The minimum absolute atomic E-state index is 0.391. The quantitative estimate of drug-likeness (QED) is 0.530. The Hall–Kier alpha value is -0.600. The lowest BCUT2D eigenvalue weighted by Gasteiger charge is -2.29.